The van der Waals surface area contributed by atoms with Gasteiger partial charge in [0.1, 0.15) is 11.0 Å². The standard InChI is InChI=1S/C11H16ClN3O/c1-15(7-9-3-2-4-16-8-9)11-6-13-5-10(12)14-11/h5-6,9H,2-4,7-8H2,1H3. The number of hydrogen-bond donors (Lipinski definition) is 0. The lowest BCUT2D eigenvalue weighted by molar-refractivity contribution is 0.0576. The lowest BCUT2D eigenvalue weighted by Crippen LogP contribution is -2.31. The van der Waals surface area contributed by atoms with Crippen LogP contribution in [-0.4, -0.2) is 36.8 Å². The van der Waals surface area contributed by atoms with Crippen LogP contribution in [0.3, 0.4) is 0 Å². The van der Waals surface area contributed by atoms with Gasteiger partial charge < -0.3 is 9.64 Å². The van der Waals surface area contributed by atoms with Gasteiger partial charge in [-0.15, -0.1) is 0 Å². The Hall–Kier alpha value is -0.870. The van der Waals surface area contributed by atoms with E-state index in [4.69, 9.17) is 16.3 Å². The highest BCUT2D eigenvalue weighted by atomic mass is 35.5. The summed E-state index contributed by atoms with van der Waals surface area (Å²) in [6.45, 7) is 2.69. The molecular formula is C11H16ClN3O. The molecule has 1 unspecified atom stereocenters. The Kier molecular flexibility index (Phi) is 3.96. The zero-order valence-electron chi connectivity index (χ0n) is 9.40. The highest BCUT2D eigenvalue weighted by Gasteiger charge is 2.16. The molecule has 1 aliphatic rings. The number of rotatable bonds is 3. The summed E-state index contributed by atoms with van der Waals surface area (Å²) in [6.07, 6.45) is 5.65. The molecule has 1 saturated heterocycles. The van der Waals surface area contributed by atoms with E-state index in [0.717, 1.165) is 32.0 Å². The largest absolute Gasteiger partial charge is 0.381 e. The van der Waals surface area contributed by atoms with Gasteiger partial charge in [0, 0.05) is 20.2 Å². The molecule has 1 aliphatic heterocycles. The van der Waals surface area contributed by atoms with E-state index in [1.807, 2.05) is 7.05 Å². The summed E-state index contributed by atoms with van der Waals surface area (Å²) in [5, 5.41) is 0.434. The Morgan fingerprint density at radius 2 is 2.44 bits per heavy atom. The summed E-state index contributed by atoms with van der Waals surface area (Å²) >= 11 is 5.81. The molecule has 1 aromatic heterocycles. The second-order valence-corrected chi connectivity index (χ2v) is 4.55. The minimum absolute atomic E-state index is 0.434. The van der Waals surface area contributed by atoms with Crippen molar-refractivity contribution in [3.05, 3.63) is 17.5 Å². The van der Waals surface area contributed by atoms with Gasteiger partial charge in [0.15, 0.2) is 0 Å². The Labute approximate surface area is 101 Å². The van der Waals surface area contributed by atoms with Gasteiger partial charge in [-0.05, 0) is 18.8 Å². The fourth-order valence-corrected chi connectivity index (χ4v) is 2.09. The minimum Gasteiger partial charge on any atom is -0.381 e. The predicted octanol–water partition coefficient (Wildman–Crippen LogP) is 1.99. The summed E-state index contributed by atoms with van der Waals surface area (Å²) in [6, 6.07) is 0. The Morgan fingerprint density at radius 3 is 3.12 bits per heavy atom. The molecule has 88 valence electrons. The van der Waals surface area contributed by atoms with Crippen molar-refractivity contribution in [3.8, 4) is 0 Å². The van der Waals surface area contributed by atoms with E-state index < -0.39 is 0 Å². The smallest absolute Gasteiger partial charge is 0.149 e. The molecule has 5 heteroatoms. The lowest BCUT2D eigenvalue weighted by Gasteiger charge is -2.27. The van der Waals surface area contributed by atoms with Gasteiger partial charge in [-0.25, -0.2) is 4.98 Å². The third-order valence-corrected chi connectivity index (χ3v) is 2.95. The van der Waals surface area contributed by atoms with Gasteiger partial charge in [-0.1, -0.05) is 11.6 Å². The summed E-state index contributed by atoms with van der Waals surface area (Å²) in [4.78, 5) is 10.3. The van der Waals surface area contributed by atoms with Crippen LogP contribution in [0.2, 0.25) is 5.15 Å². The molecule has 0 aromatic carbocycles. The predicted molar refractivity (Wildman–Crippen MR) is 63.9 cm³/mol. The van der Waals surface area contributed by atoms with Crippen molar-refractivity contribution in [2.75, 3.05) is 31.7 Å². The van der Waals surface area contributed by atoms with Crippen LogP contribution < -0.4 is 4.90 Å². The van der Waals surface area contributed by atoms with Gasteiger partial charge in [0.2, 0.25) is 0 Å². The van der Waals surface area contributed by atoms with E-state index in [0.29, 0.717) is 11.1 Å². The highest BCUT2D eigenvalue weighted by Crippen LogP contribution is 2.18. The first-order valence-electron chi connectivity index (χ1n) is 5.52. The lowest BCUT2D eigenvalue weighted by atomic mass is 10.0. The Balaban J connectivity index is 1.94. The molecule has 1 aromatic rings. The van der Waals surface area contributed by atoms with Crippen LogP contribution in [0.1, 0.15) is 12.8 Å². The molecule has 2 heterocycles. The summed E-state index contributed by atoms with van der Waals surface area (Å²) in [5.74, 6) is 1.40. The summed E-state index contributed by atoms with van der Waals surface area (Å²) in [5.41, 5.74) is 0. The maximum Gasteiger partial charge on any atom is 0.149 e. The third-order valence-electron chi connectivity index (χ3n) is 2.77. The highest BCUT2D eigenvalue weighted by molar-refractivity contribution is 6.29. The summed E-state index contributed by atoms with van der Waals surface area (Å²) in [7, 11) is 2.01. The van der Waals surface area contributed by atoms with Crippen LogP contribution in [0.4, 0.5) is 5.82 Å². The first kappa shape index (κ1) is 11.6. The fraction of sp³-hybridized carbons (Fsp3) is 0.636. The normalized spacial score (nSPS) is 20.8. The number of anilines is 1. The van der Waals surface area contributed by atoms with E-state index in [1.54, 1.807) is 12.4 Å². The van der Waals surface area contributed by atoms with Crippen LogP contribution in [-0.2, 0) is 4.74 Å². The topological polar surface area (TPSA) is 38.2 Å². The molecule has 0 bridgehead atoms. The van der Waals surface area contributed by atoms with Crippen LogP contribution in [0.5, 0.6) is 0 Å². The van der Waals surface area contributed by atoms with Crippen molar-refractivity contribution in [3.63, 3.8) is 0 Å². The number of aromatic nitrogens is 2. The fourth-order valence-electron chi connectivity index (χ4n) is 1.95. The van der Waals surface area contributed by atoms with Gasteiger partial charge in [-0.2, -0.15) is 0 Å². The van der Waals surface area contributed by atoms with E-state index in [1.165, 1.54) is 6.42 Å². The van der Waals surface area contributed by atoms with Crippen LogP contribution in [0, 0.1) is 5.92 Å². The van der Waals surface area contributed by atoms with Gasteiger partial charge in [-0.3, -0.25) is 4.98 Å². The number of nitrogens with zero attached hydrogens (tertiary/aromatic N) is 3. The maximum atomic E-state index is 5.81. The van der Waals surface area contributed by atoms with Crippen LogP contribution in [0.15, 0.2) is 12.4 Å². The van der Waals surface area contributed by atoms with E-state index >= 15 is 0 Å². The van der Waals surface area contributed by atoms with E-state index in [9.17, 15) is 0 Å². The van der Waals surface area contributed by atoms with Crippen molar-refractivity contribution in [2.45, 2.75) is 12.8 Å². The average Bonchev–Trinajstić information content (AvgIpc) is 2.30. The van der Waals surface area contributed by atoms with Crippen molar-refractivity contribution < 1.29 is 4.74 Å². The second-order valence-electron chi connectivity index (χ2n) is 4.16. The molecule has 0 amide bonds. The first-order chi connectivity index (χ1) is 7.75. The first-order valence-corrected chi connectivity index (χ1v) is 5.90. The number of hydrogen-bond acceptors (Lipinski definition) is 4. The van der Waals surface area contributed by atoms with Gasteiger partial charge in [0.05, 0.1) is 19.0 Å². The molecule has 0 spiro atoms. The van der Waals surface area contributed by atoms with Gasteiger partial charge >= 0.3 is 0 Å². The number of ether oxygens (including phenoxy) is 1. The SMILES string of the molecule is CN(CC1CCCOC1)c1cncc(Cl)n1. The molecule has 0 aliphatic carbocycles. The zero-order valence-corrected chi connectivity index (χ0v) is 10.2. The molecular weight excluding hydrogens is 226 g/mol. The van der Waals surface area contributed by atoms with Crippen molar-refractivity contribution in [2.24, 2.45) is 5.92 Å². The van der Waals surface area contributed by atoms with Gasteiger partial charge in [0.25, 0.3) is 0 Å². The second kappa shape index (κ2) is 5.46. The summed E-state index contributed by atoms with van der Waals surface area (Å²) < 4.78 is 5.45. The molecule has 0 N–H and O–H groups in total. The van der Waals surface area contributed by atoms with E-state index in [-0.39, 0.29) is 0 Å². The Morgan fingerprint density at radius 1 is 1.56 bits per heavy atom. The molecule has 0 radical (unpaired) electrons. The minimum atomic E-state index is 0.434. The van der Waals surface area contributed by atoms with Crippen molar-refractivity contribution in [1.29, 1.82) is 0 Å². The van der Waals surface area contributed by atoms with Crippen LogP contribution in [0.25, 0.3) is 0 Å². The molecule has 1 atom stereocenters. The molecule has 0 saturated carbocycles. The molecule has 4 nitrogen and oxygen atoms in total. The number of halogens is 1. The quantitative estimate of drug-likeness (QED) is 0.811. The maximum absolute atomic E-state index is 5.81. The van der Waals surface area contributed by atoms with Crippen molar-refractivity contribution >= 4 is 17.4 Å². The monoisotopic (exact) mass is 241 g/mol. The third kappa shape index (κ3) is 3.06. The van der Waals surface area contributed by atoms with Crippen LogP contribution >= 0.6 is 11.6 Å². The molecule has 16 heavy (non-hydrogen) atoms. The van der Waals surface area contributed by atoms with Crippen molar-refractivity contribution in [1.82, 2.24) is 9.97 Å². The molecule has 1 fully saturated rings. The zero-order chi connectivity index (χ0) is 11.4. The average molecular weight is 242 g/mol. The molecule has 2 rings (SSSR count). The Bertz CT molecular complexity index is 342. The van der Waals surface area contributed by atoms with E-state index in [2.05, 4.69) is 14.9 Å².